The Morgan fingerprint density at radius 3 is 2.52 bits per heavy atom. The van der Waals surface area contributed by atoms with Gasteiger partial charge in [0, 0.05) is 43.4 Å². The Bertz CT molecular complexity index is 3140. The summed E-state index contributed by atoms with van der Waals surface area (Å²) in [6.07, 6.45) is 6.52. The Labute approximate surface area is 351 Å². The monoisotopic (exact) mass is 845 g/mol. The number of aryl methyl sites for hydroxylation is 3. The maximum atomic E-state index is 16.1. The standard InChI is InChI=1S/C45H45F2N9O4S/c1-26-17-31(18-27(2)41(26)46)55-43(54-15-14-53(44(54)57)37-10-9-36-33(42(37)47)23-49-51(36)5)40-34(50-55)21-32-24-59-25-38(40)56(32)61(6,58)39-20-30-19-28(7-8-35(30)52(39)13-12-48)29-11-16-60-45(3,4)22-29/h7-10,14-15,17-20,23,29,32,38H,6,11,13,16,21-22,24-25H2,1-5H3/t29-,32-,38-,61?/m0/s1. The van der Waals surface area contributed by atoms with Crippen LogP contribution in [0.4, 0.5) is 8.78 Å². The predicted octanol–water partition coefficient (Wildman–Crippen LogP) is 6.74. The molecule has 0 N–H and O–H groups in total. The van der Waals surface area contributed by atoms with Gasteiger partial charge in [-0.25, -0.2) is 26.8 Å². The second-order valence-electron chi connectivity index (χ2n) is 17.2. The van der Waals surface area contributed by atoms with Crippen molar-refractivity contribution in [2.45, 2.75) is 82.1 Å². The van der Waals surface area contributed by atoms with Crippen molar-refractivity contribution in [3.8, 4) is 23.3 Å². The van der Waals surface area contributed by atoms with E-state index < -0.39 is 33.3 Å². The highest BCUT2D eigenvalue weighted by Gasteiger charge is 2.47. The Balaban J connectivity index is 1.14. The fourth-order valence-corrected chi connectivity index (χ4v) is 12.1. The molecule has 16 heteroatoms. The number of morpholine rings is 1. The number of imidazole rings is 1. The highest BCUT2D eigenvalue weighted by atomic mass is 32.2. The number of hydrogen-bond acceptors (Lipinski definition) is 7. The molecule has 61 heavy (non-hydrogen) atoms. The van der Waals surface area contributed by atoms with E-state index in [9.17, 15) is 10.1 Å². The van der Waals surface area contributed by atoms with Gasteiger partial charge in [-0.2, -0.15) is 15.5 Å². The van der Waals surface area contributed by atoms with Crippen LogP contribution in [0.1, 0.15) is 66.6 Å². The first kappa shape index (κ1) is 39.3. The molecule has 2 saturated heterocycles. The first-order valence-corrected chi connectivity index (χ1v) is 22.0. The second-order valence-corrected chi connectivity index (χ2v) is 19.3. The van der Waals surface area contributed by atoms with Gasteiger partial charge in [0.1, 0.15) is 23.2 Å². The van der Waals surface area contributed by atoms with E-state index >= 15 is 13.0 Å². The minimum absolute atomic E-state index is 0.0372. The molecule has 3 aliphatic heterocycles. The SMILES string of the molecule is C=S(=O)(c1cc2cc([C@H]3CCOC(C)(C)C3)ccc2n1CC#N)N1[C@@H]2COC[C@H]1c1c(nn(-c3cc(C)c(F)c(C)c3)c1-n1ccn(-c3ccc4c(cnn4C)c3F)c1=O)C2. The number of nitriles is 1. The molecule has 7 heterocycles. The van der Waals surface area contributed by atoms with Crippen LogP contribution in [0, 0.1) is 36.8 Å². The lowest BCUT2D eigenvalue weighted by Crippen LogP contribution is -2.54. The van der Waals surface area contributed by atoms with Gasteiger partial charge in [0.2, 0.25) is 0 Å². The number of hydrogen-bond donors (Lipinski definition) is 0. The molecule has 314 valence electrons. The molecular weight excluding hydrogens is 801 g/mol. The summed E-state index contributed by atoms with van der Waals surface area (Å²) in [6.45, 7) is 8.51. The molecule has 10 rings (SSSR count). The Kier molecular flexibility index (Phi) is 9.08. The van der Waals surface area contributed by atoms with E-state index in [2.05, 4.69) is 43.0 Å². The lowest BCUT2D eigenvalue weighted by molar-refractivity contribution is -0.0592. The van der Waals surface area contributed by atoms with Gasteiger partial charge in [0.05, 0.1) is 86.4 Å². The average Bonchev–Trinajstić information content (AvgIpc) is 3.99. The van der Waals surface area contributed by atoms with E-state index in [1.807, 2.05) is 16.4 Å². The van der Waals surface area contributed by atoms with Crippen LogP contribution in [0.2, 0.25) is 0 Å². The van der Waals surface area contributed by atoms with Crippen molar-refractivity contribution in [1.82, 2.24) is 37.6 Å². The molecule has 7 aromatic rings. The average molecular weight is 846 g/mol. The fraction of sp³-hybridized carbons (Fsp3) is 0.356. The lowest BCUT2D eigenvalue weighted by atomic mass is 9.83. The Morgan fingerprint density at radius 1 is 1.02 bits per heavy atom. The maximum absolute atomic E-state index is 16.1. The summed E-state index contributed by atoms with van der Waals surface area (Å²) in [5.41, 5.74) is 4.26. The third-order valence-corrected chi connectivity index (χ3v) is 14.9. The van der Waals surface area contributed by atoms with Crippen LogP contribution in [-0.4, -0.2) is 79.1 Å². The van der Waals surface area contributed by atoms with Crippen molar-refractivity contribution in [2.24, 2.45) is 7.05 Å². The van der Waals surface area contributed by atoms with Gasteiger partial charge in [0.25, 0.3) is 0 Å². The number of aromatic nitrogens is 7. The van der Waals surface area contributed by atoms with Crippen molar-refractivity contribution >= 4 is 37.4 Å². The largest absolute Gasteiger partial charge is 0.378 e. The molecule has 0 saturated carbocycles. The molecular formula is C45H45F2N9O4S. The number of rotatable bonds is 7. The molecule has 3 aliphatic rings. The van der Waals surface area contributed by atoms with Gasteiger partial charge in [-0.05, 0) is 111 Å². The van der Waals surface area contributed by atoms with Crippen molar-refractivity contribution in [3.05, 3.63) is 117 Å². The van der Waals surface area contributed by atoms with Crippen LogP contribution in [0.15, 0.2) is 76.9 Å². The summed E-state index contributed by atoms with van der Waals surface area (Å²) in [6, 6.07) is 15.8. The van der Waals surface area contributed by atoms with Crippen molar-refractivity contribution < 1.29 is 22.5 Å². The third-order valence-electron chi connectivity index (χ3n) is 12.7. The summed E-state index contributed by atoms with van der Waals surface area (Å²) >= 11 is 0. The quantitative estimate of drug-likeness (QED) is 0.163. The molecule has 13 nitrogen and oxygen atoms in total. The molecule has 4 atom stereocenters. The molecule has 0 amide bonds. The summed E-state index contributed by atoms with van der Waals surface area (Å²) in [5.74, 6) is 4.10. The molecule has 1 unspecified atom stereocenters. The molecule has 0 radical (unpaired) electrons. The number of nitrogens with zero attached hydrogens (tertiary/aromatic N) is 9. The van der Waals surface area contributed by atoms with Gasteiger partial charge in [-0.15, -0.1) is 0 Å². The summed E-state index contributed by atoms with van der Waals surface area (Å²) in [5, 5.41) is 20.9. The van der Waals surface area contributed by atoms with Crippen molar-refractivity contribution in [1.29, 1.82) is 5.26 Å². The van der Waals surface area contributed by atoms with Gasteiger partial charge in [0.15, 0.2) is 5.82 Å². The molecule has 3 aromatic carbocycles. The van der Waals surface area contributed by atoms with Gasteiger partial charge < -0.3 is 14.0 Å². The normalized spacial score (nSPS) is 21.1. The van der Waals surface area contributed by atoms with Crippen LogP contribution in [-0.2, 0) is 39.2 Å². The molecule has 0 aliphatic carbocycles. The smallest absolute Gasteiger partial charge is 0.338 e. The van der Waals surface area contributed by atoms with Crippen LogP contribution < -0.4 is 5.69 Å². The molecule has 4 aromatic heterocycles. The van der Waals surface area contributed by atoms with E-state index in [1.54, 1.807) is 59.2 Å². The highest BCUT2D eigenvalue weighted by molar-refractivity contribution is 7.98. The zero-order valence-electron chi connectivity index (χ0n) is 34.6. The molecule has 2 bridgehead atoms. The Hall–Kier alpha value is -5.86. The Morgan fingerprint density at radius 2 is 1.77 bits per heavy atom. The van der Waals surface area contributed by atoms with Crippen LogP contribution >= 0.6 is 0 Å². The number of halogens is 2. The summed E-state index contributed by atoms with van der Waals surface area (Å²) in [4.78, 5) is 14.7. The number of benzene rings is 3. The molecule has 2 fully saturated rings. The van der Waals surface area contributed by atoms with Gasteiger partial charge in [-0.3, -0.25) is 13.8 Å². The lowest BCUT2D eigenvalue weighted by Gasteiger charge is -2.46. The summed E-state index contributed by atoms with van der Waals surface area (Å²) in [7, 11) is -1.66. The van der Waals surface area contributed by atoms with Gasteiger partial charge >= 0.3 is 5.69 Å². The van der Waals surface area contributed by atoms with E-state index in [0.717, 1.165) is 29.3 Å². The van der Waals surface area contributed by atoms with Crippen molar-refractivity contribution in [3.63, 3.8) is 0 Å². The first-order valence-electron chi connectivity index (χ1n) is 20.3. The van der Waals surface area contributed by atoms with E-state index in [1.165, 1.54) is 27.6 Å². The number of fused-ring (bicyclic) bond motifs is 6. The van der Waals surface area contributed by atoms with Gasteiger partial charge in [-0.1, -0.05) is 6.07 Å². The predicted molar refractivity (Wildman–Crippen MR) is 228 cm³/mol. The van der Waals surface area contributed by atoms with Crippen LogP contribution in [0.3, 0.4) is 0 Å². The summed E-state index contributed by atoms with van der Waals surface area (Å²) < 4.78 is 68.7. The minimum atomic E-state index is -3.37. The zero-order chi connectivity index (χ0) is 42.7. The first-order chi connectivity index (χ1) is 29.2. The second kappa shape index (κ2) is 14.1. The maximum Gasteiger partial charge on any atom is 0.338 e. The zero-order valence-corrected chi connectivity index (χ0v) is 35.4. The minimum Gasteiger partial charge on any atom is -0.378 e. The molecule has 0 spiro atoms. The highest BCUT2D eigenvalue weighted by Crippen LogP contribution is 2.45. The van der Waals surface area contributed by atoms with E-state index in [-0.39, 0.29) is 48.2 Å². The van der Waals surface area contributed by atoms with E-state index in [4.69, 9.17) is 14.6 Å². The van der Waals surface area contributed by atoms with E-state index in [0.29, 0.717) is 57.5 Å². The van der Waals surface area contributed by atoms with Crippen LogP contribution in [0.25, 0.3) is 39.0 Å². The third kappa shape index (κ3) is 6.12. The number of ether oxygens (including phenoxy) is 2. The van der Waals surface area contributed by atoms with Crippen molar-refractivity contribution in [2.75, 3.05) is 19.8 Å². The topological polar surface area (TPSA) is 130 Å². The fourth-order valence-electron chi connectivity index (χ4n) is 9.89. The van der Waals surface area contributed by atoms with Crippen LogP contribution in [0.5, 0.6) is 0 Å².